The Morgan fingerprint density at radius 3 is 1.96 bits per heavy atom. The fourth-order valence-corrected chi connectivity index (χ4v) is 6.71. The van der Waals surface area contributed by atoms with Crippen LogP contribution in [0.25, 0.3) is 21.5 Å². The molecule has 0 aromatic heterocycles. The molecule has 0 saturated heterocycles. The molecule has 54 heavy (non-hydrogen) atoms. The molecule has 280 valence electrons. The molecule has 7 N–H and O–H groups in total. The number of aromatic hydroxyl groups is 1. The number of esters is 1. The van der Waals surface area contributed by atoms with Crippen LogP contribution in [-0.2, 0) is 39.9 Å². The quantitative estimate of drug-likeness (QED) is 0.0233. The normalized spacial score (nSPS) is 12.4. The van der Waals surface area contributed by atoms with E-state index in [2.05, 4.69) is 32.4 Å². The van der Waals surface area contributed by atoms with E-state index in [0.29, 0.717) is 5.69 Å². The van der Waals surface area contributed by atoms with E-state index in [1.54, 1.807) is 0 Å². The van der Waals surface area contributed by atoms with E-state index in [9.17, 15) is 53.6 Å². The molecular weight excluding hydrogens is 773 g/mol. The van der Waals surface area contributed by atoms with Gasteiger partial charge in [0.15, 0.2) is 5.75 Å². The number of hydrogen-bond donors (Lipinski definition) is 6. The lowest BCUT2D eigenvalue weighted by molar-refractivity contribution is -0.137. The number of phenols is 1. The smallest absolute Gasteiger partial charge is 0.330 e. The second-order valence-corrected chi connectivity index (χ2v) is 15.2. The Bertz CT molecular complexity index is 2770. The van der Waals surface area contributed by atoms with E-state index in [0.717, 1.165) is 36.4 Å². The number of nitrogen functional groups attached to an aromatic ring is 1. The van der Waals surface area contributed by atoms with Gasteiger partial charge in [0, 0.05) is 27.8 Å². The number of rotatable bonds is 12. The molecule has 0 bridgehead atoms. The average Bonchev–Trinajstić information content (AvgIpc) is 3.10. The van der Waals surface area contributed by atoms with E-state index >= 15 is 0 Å². The number of carbonyl (C=O) groups excluding carboxylic acids is 2. The number of nitrogens with two attached hydrogens (primary N) is 1. The topological polar surface area (TPSA) is 314 Å². The van der Waals surface area contributed by atoms with Gasteiger partial charge in [0.25, 0.3) is 36.3 Å². The average molecular weight is 799 g/mol. The number of nitrogens with one attached hydrogen (secondary N) is 1. The first-order valence-corrected chi connectivity index (χ1v) is 19.2. The van der Waals surface area contributed by atoms with Gasteiger partial charge in [0.2, 0.25) is 0 Å². The predicted molar refractivity (Wildman–Crippen MR) is 192 cm³/mol. The van der Waals surface area contributed by atoms with E-state index in [1.807, 2.05) is 0 Å². The van der Waals surface area contributed by atoms with Crippen molar-refractivity contribution in [1.82, 2.24) is 5.32 Å². The lowest BCUT2D eigenvalue weighted by Gasteiger charge is -2.11. The van der Waals surface area contributed by atoms with Crippen LogP contribution in [0.4, 0.5) is 28.4 Å². The highest BCUT2D eigenvalue weighted by atomic mass is 32.2. The van der Waals surface area contributed by atoms with Crippen LogP contribution < -0.4 is 11.1 Å². The van der Waals surface area contributed by atoms with Crippen LogP contribution in [0.3, 0.4) is 0 Å². The van der Waals surface area contributed by atoms with Gasteiger partial charge in [-0.25, -0.2) is 4.79 Å². The van der Waals surface area contributed by atoms with Crippen LogP contribution in [0.5, 0.6) is 5.75 Å². The summed E-state index contributed by atoms with van der Waals surface area (Å²) in [4.78, 5) is 21.1. The SMILES string of the molecule is C=CC(=O)OCCNC(=O)c1ccc(N=Nc2ccc(N=Nc3c(S(=O)(=O)O)cc4cc(S(=O)(=O)O)c(N)cc4c3O)c3cc(S(=O)(=O)O)ccc23)cc1. The molecule has 5 aromatic rings. The molecule has 19 nitrogen and oxygen atoms in total. The number of ether oxygens (including phenoxy) is 1. The number of hydrogen-bond acceptors (Lipinski definition) is 15. The van der Waals surface area contributed by atoms with Crippen LogP contribution in [0.1, 0.15) is 10.4 Å². The van der Waals surface area contributed by atoms with E-state index < -0.39 is 74.0 Å². The van der Waals surface area contributed by atoms with Crippen molar-refractivity contribution in [1.29, 1.82) is 0 Å². The molecule has 0 saturated carbocycles. The van der Waals surface area contributed by atoms with Crippen molar-refractivity contribution in [3.8, 4) is 5.75 Å². The van der Waals surface area contributed by atoms with Crippen molar-refractivity contribution >= 4 is 92.2 Å². The molecule has 0 aliphatic rings. The Morgan fingerprint density at radius 2 is 1.35 bits per heavy atom. The van der Waals surface area contributed by atoms with Gasteiger partial charge in [-0.15, -0.1) is 15.3 Å². The molecule has 0 spiro atoms. The van der Waals surface area contributed by atoms with Gasteiger partial charge in [0.1, 0.15) is 22.1 Å². The van der Waals surface area contributed by atoms with Gasteiger partial charge >= 0.3 is 5.97 Å². The summed E-state index contributed by atoms with van der Waals surface area (Å²) in [5.41, 5.74) is 4.96. The number of carbonyl (C=O) groups is 2. The molecule has 0 heterocycles. The van der Waals surface area contributed by atoms with Gasteiger partial charge in [0.05, 0.1) is 34.2 Å². The molecule has 0 atom stereocenters. The lowest BCUT2D eigenvalue weighted by atomic mass is 10.1. The van der Waals surface area contributed by atoms with Crippen LogP contribution in [0, 0.1) is 0 Å². The van der Waals surface area contributed by atoms with Crippen molar-refractivity contribution in [3.05, 3.63) is 91.0 Å². The minimum Gasteiger partial charge on any atom is -0.505 e. The molecule has 0 aliphatic heterocycles. The first-order chi connectivity index (χ1) is 25.3. The summed E-state index contributed by atoms with van der Waals surface area (Å²) in [5, 5.41) is 29.4. The summed E-state index contributed by atoms with van der Waals surface area (Å²) in [6, 6.07) is 14.4. The molecule has 5 aromatic carbocycles. The van der Waals surface area contributed by atoms with Crippen LogP contribution in [-0.4, -0.2) is 69.0 Å². The predicted octanol–water partition coefficient (Wildman–Crippen LogP) is 5.31. The Balaban J connectivity index is 1.53. The van der Waals surface area contributed by atoms with Gasteiger partial charge < -0.3 is 20.9 Å². The zero-order chi connectivity index (χ0) is 39.6. The molecule has 22 heteroatoms. The van der Waals surface area contributed by atoms with E-state index in [1.165, 1.54) is 42.5 Å². The number of fused-ring (bicyclic) bond motifs is 2. The number of benzene rings is 5. The van der Waals surface area contributed by atoms with Crippen LogP contribution in [0.15, 0.2) is 121 Å². The van der Waals surface area contributed by atoms with Crippen molar-refractivity contribution < 1.29 is 58.3 Å². The summed E-state index contributed by atoms with van der Waals surface area (Å²) in [7, 11) is -14.8. The van der Waals surface area contributed by atoms with E-state index in [-0.39, 0.29) is 51.6 Å². The first kappa shape index (κ1) is 39.0. The fourth-order valence-electron chi connectivity index (χ4n) is 4.91. The third kappa shape index (κ3) is 8.71. The minimum atomic E-state index is -5.17. The molecular formula is C32H26N6O13S3. The number of nitrogens with zero attached hydrogens (tertiary/aromatic N) is 4. The molecule has 0 unspecified atom stereocenters. The third-order valence-electron chi connectivity index (χ3n) is 7.44. The highest BCUT2D eigenvalue weighted by molar-refractivity contribution is 7.86. The van der Waals surface area contributed by atoms with Gasteiger partial charge in [-0.05, 0) is 72.1 Å². The Hall–Kier alpha value is -6.17. The first-order valence-electron chi connectivity index (χ1n) is 14.9. The standard InChI is InChI=1S/C32H26N6O13S3/c1-2-29(39)51-12-11-34-32(41)17-3-5-19(6-4-17)35-36-25-9-10-26(23-15-20(52(42,43)44)7-8-21(23)25)37-38-30-28(54(48,49)50)14-18-13-27(53(45,46)47)24(33)16-22(18)31(30)40/h2-10,13-16,40H,1,11-12,33H2,(H,34,41)(H,42,43,44)(H,45,46,47)(H,48,49,50). The number of phenolic OH excluding ortho intramolecular Hbond substituents is 1. The summed E-state index contributed by atoms with van der Waals surface area (Å²) in [6.45, 7) is 3.27. The maximum absolute atomic E-state index is 12.4. The lowest BCUT2D eigenvalue weighted by Crippen LogP contribution is -2.27. The molecule has 1 amide bonds. The molecule has 5 rings (SSSR count). The zero-order valence-corrected chi connectivity index (χ0v) is 29.6. The highest BCUT2D eigenvalue weighted by Crippen LogP contribution is 2.44. The Kier molecular flexibility index (Phi) is 10.9. The van der Waals surface area contributed by atoms with Crippen molar-refractivity contribution in [2.45, 2.75) is 14.7 Å². The summed E-state index contributed by atoms with van der Waals surface area (Å²) < 4.78 is 106. The Morgan fingerprint density at radius 1 is 0.741 bits per heavy atom. The second-order valence-electron chi connectivity index (χ2n) is 11.0. The fraction of sp³-hybridized carbons (Fsp3) is 0.0625. The zero-order valence-electron chi connectivity index (χ0n) is 27.2. The molecule has 0 aliphatic carbocycles. The van der Waals surface area contributed by atoms with Crippen LogP contribution in [0.2, 0.25) is 0 Å². The number of anilines is 1. The van der Waals surface area contributed by atoms with Crippen molar-refractivity contribution in [3.63, 3.8) is 0 Å². The van der Waals surface area contributed by atoms with Crippen molar-refractivity contribution in [2.24, 2.45) is 20.5 Å². The summed E-state index contributed by atoms with van der Waals surface area (Å²) in [6.07, 6.45) is 0.993. The maximum Gasteiger partial charge on any atom is 0.330 e. The molecule has 0 fully saturated rings. The van der Waals surface area contributed by atoms with Gasteiger partial charge in [-0.3, -0.25) is 18.5 Å². The van der Waals surface area contributed by atoms with Crippen LogP contribution >= 0.6 is 0 Å². The third-order valence-corrected chi connectivity index (χ3v) is 10.1. The van der Waals surface area contributed by atoms with Crippen molar-refractivity contribution in [2.75, 3.05) is 18.9 Å². The highest BCUT2D eigenvalue weighted by Gasteiger charge is 2.25. The Labute approximate surface area is 305 Å². The minimum absolute atomic E-state index is 0.00756. The van der Waals surface area contributed by atoms with Gasteiger partial charge in [-0.1, -0.05) is 12.6 Å². The molecule has 0 radical (unpaired) electrons. The maximum atomic E-state index is 12.4. The number of azo groups is 2. The van der Waals surface area contributed by atoms with Gasteiger partial charge in [-0.2, -0.15) is 30.4 Å². The van der Waals surface area contributed by atoms with E-state index in [4.69, 9.17) is 10.5 Å². The largest absolute Gasteiger partial charge is 0.505 e. The summed E-state index contributed by atoms with van der Waals surface area (Å²) in [5.74, 6) is -1.99. The summed E-state index contributed by atoms with van der Waals surface area (Å²) >= 11 is 0. The number of amides is 1. The monoisotopic (exact) mass is 798 g/mol. The second kappa shape index (κ2) is 15.1.